The molecule has 0 atom stereocenters. The Morgan fingerprint density at radius 3 is 2.83 bits per heavy atom. The van der Waals surface area contributed by atoms with Crippen LogP contribution in [0.4, 0.5) is 0 Å². The molecular weight excluding hydrogens is 152 g/mol. The molecule has 0 bridgehead atoms. The molecule has 0 aliphatic rings. The first-order valence-electron chi connectivity index (χ1n) is 3.57. The van der Waals surface area contributed by atoms with E-state index in [-0.39, 0.29) is 0 Å². The molecule has 4 nitrogen and oxygen atoms in total. The minimum Gasteiger partial charge on any atom is -0.272 e. The van der Waals surface area contributed by atoms with Crippen LogP contribution in [0, 0.1) is 13.1 Å². The Labute approximate surface area is 69.9 Å². The van der Waals surface area contributed by atoms with Gasteiger partial charge in [0.2, 0.25) is 5.95 Å². The van der Waals surface area contributed by atoms with Crippen LogP contribution in [0.1, 0.15) is 5.82 Å². The van der Waals surface area contributed by atoms with E-state index in [0.29, 0.717) is 5.95 Å². The third-order valence-electron chi connectivity index (χ3n) is 1.54. The molecule has 4 heteroatoms. The Bertz CT molecular complexity index is 366. The highest BCUT2D eigenvalue weighted by Gasteiger charge is 2.00. The standard InChI is InChI=1S/C8H7N4/c1-7-9-5-6-12(7)8-10-3-2-4-11-8/h2-3,5-6H,1H3. The number of imidazole rings is 1. The average Bonchev–Trinajstić information content (AvgIpc) is 2.53. The van der Waals surface area contributed by atoms with Gasteiger partial charge in [0.1, 0.15) is 5.82 Å². The van der Waals surface area contributed by atoms with E-state index in [1.165, 1.54) is 0 Å². The third-order valence-corrected chi connectivity index (χ3v) is 1.54. The Kier molecular flexibility index (Phi) is 1.59. The average molecular weight is 159 g/mol. The Hall–Kier alpha value is -1.71. The summed E-state index contributed by atoms with van der Waals surface area (Å²) in [6.07, 6.45) is 7.90. The Morgan fingerprint density at radius 1 is 1.33 bits per heavy atom. The van der Waals surface area contributed by atoms with Gasteiger partial charge in [-0.05, 0) is 13.0 Å². The molecule has 12 heavy (non-hydrogen) atoms. The Balaban J connectivity index is 2.51. The zero-order chi connectivity index (χ0) is 8.39. The molecule has 1 radical (unpaired) electrons. The van der Waals surface area contributed by atoms with Crippen LogP contribution in [0.5, 0.6) is 0 Å². The van der Waals surface area contributed by atoms with Crippen LogP contribution < -0.4 is 0 Å². The predicted octanol–water partition coefficient (Wildman–Crippen LogP) is 0.771. The normalized spacial score (nSPS) is 10.1. The van der Waals surface area contributed by atoms with Crippen molar-refractivity contribution < 1.29 is 0 Å². The van der Waals surface area contributed by atoms with Crippen molar-refractivity contribution in [1.82, 2.24) is 19.5 Å². The number of rotatable bonds is 1. The second-order valence-electron chi connectivity index (χ2n) is 2.33. The first-order valence-corrected chi connectivity index (χ1v) is 3.57. The first kappa shape index (κ1) is 6.97. The fourth-order valence-electron chi connectivity index (χ4n) is 0.967. The van der Waals surface area contributed by atoms with Gasteiger partial charge in [-0.15, -0.1) is 0 Å². The molecule has 0 amide bonds. The third kappa shape index (κ3) is 1.07. The van der Waals surface area contributed by atoms with Gasteiger partial charge in [-0.3, -0.25) is 4.57 Å². The summed E-state index contributed by atoms with van der Waals surface area (Å²) in [6.45, 7) is 1.90. The second kappa shape index (κ2) is 2.73. The van der Waals surface area contributed by atoms with Gasteiger partial charge < -0.3 is 0 Å². The second-order valence-corrected chi connectivity index (χ2v) is 2.33. The topological polar surface area (TPSA) is 43.6 Å². The van der Waals surface area contributed by atoms with Crippen molar-refractivity contribution in [2.45, 2.75) is 6.92 Å². The smallest absolute Gasteiger partial charge is 0.235 e. The molecule has 0 spiro atoms. The van der Waals surface area contributed by atoms with E-state index >= 15 is 0 Å². The van der Waals surface area contributed by atoms with Gasteiger partial charge >= 0.3 is 0 Å². The maximum atomic E-state index is 4.06. The zero-order valence-corrected chi connectivity index (χ0v) is 6.60. The monoisotopic (exact) mass is 159 g/mol. The van der Waals surface area contributed by atoms with Gasteiger partial charge in [-0.1, -0.05) is 0 Å². The molecular formula is C8H7N4. The zero-order valence-electron chi connectivity index (χ0n) is 6.60. The highest BCUT2D eigenvalue weighted by atomic mass is 15.2. The number of aryl methyl sites for hydroxylation is 1. The van der Waals surface area contributed by atoms with Crippen molar-refractivity contribution in [3.63, 3.8) is 0 Å². The van der Waals surface area contributed by atoms with Gasteiger partial charge in [0, 0.05) is 18.6 Å². The number of nitrogens with zero attached hydrogens (tertiary/aromatic N) is 4. The van der Waals surface area contributed by atoms with Crippen molar-refractivity contribution in [1.29, 1.82) is 0 Å². The van der Waals surface area contributed by atoms with Crippen LogP contribution in [0.3, 0.4) is 0 Å². The summed E-state index contributed by atoms with van der Waals surface area (Å²) in [5.74, 6) is 1.47. The van der Waals surface area contributed by atoms with Crippen LogP contribution in [-0.4, -0.2) is 19.5 Å². The molecule has 0 aromatic carbocycles. The SMILES string of the molecule is Cc1nccn1-c1n[c]ccn1. The molecule has 0 fully saturated rings. The predicted molar refractivity (Wildman–Crippen MR) is 42.7 cm³/mol. The molecule has 0 unspecified atom stereocenters. The summed E-state index contributed by atoms with van der Waals surface area (Å²) in [4.78, 5) is 12.1. The molecule has 0 aliphatic carbocycles. The van der Waals surface area contributed by atoms with E-state index in [1.807, 2.05) is 13.1 Å². The molecule has 59 valence electrons. The van der Waals surface area contributed by atoms with Gasteiger partial charge in [0.25, 0.3) is 0 Å². The maximum absolute atomic E-state index is 4.06. The summed E-state index contributed by atoms with van der Waals surface area (Å²) in [5.41, 5.74) is 0. The Morgan fingerprint density at radius 2 is 2.25 bits per heavy atom. The highest BCUT2D eigenvalue weighted by molar-refractivity contribution is 5.12. The molecule has 0 N–H and O–H groups in total. The van der Waals surface area contributed by atoms with E-state index in [2.05, 4.69) is 21.1 Å². The lowest BCUT2D eigenvalue weighted by atomic mass is 10.6. The van der Waals surface area contributed by atoms with Crippen molar-refractivity contribution in [2.75, 3.05) is 0 Å². The summed E-state index contributed by atoms with van der Waals surface area (Å²) in [7, 11) is 0. The summed E-state index contributed by atoms with van der Waals surface area (Å²) in [6, 6.07) is 1.66. The van der Waals surface area contributed by atoms with Crippen molar-refractivity contribution in [2.24, 2.45) is 0 Å². The molecule has 0 saturated carbocycles. The van der Waals surface area contributed by atoms with Crippen molar-refractivity contribution in [3.8, 4) is 5.95 Å². The van der Waals surface area contributed by atoms with E-state index in [0.717, 1.165) is 5.82 Å². The van der Waals surface area contributed by atoms with E-state index in [4.69, 9.17) is 0 Å². The van der Waals surface area contributed by atoms with Crippen LogP contribution >= 0.6 is 0 Å². The quantitative estimate of drug-likeness (QED) is 0.617. The minimum atomic E-state index is 0.604. The van der Waals surface area contributed by atoms with Gasteiger partial charge in [0.05, 0.1) is 6.20 Å². The van der Waals surface area contributed by atoms with Gasteiger partial charge in [-0.2, -0.15) is 0 Å². The molecule has 2 heterocycles. The number of aromatic nitrogens is 4. The van der Waals surface area contributed by atoms with Crippen LogP contribution in [0.15, 0.2) is 24.7 Å². The molecule has 2 aromatic heterocycles. The lowest BCUT2D eigenvalue weighted by Gasteiger charge is -1.99. The first-order chi connectivity index (χ1) is 5.88. The summed E-state index contributed by atoms with van der Waals surface area (Å²) >= 11 is 0. The van der Waals surface area contributed by atoms with Crippen LogP contribution in [-0.2, 0) is 0 Å². The van der Waals surface area contributed by atoms with E-state index in [9.17, 15) is 0 Å². The van der Waals surface area contributed by atoms with Gasteiger partial charge in [0.15, 0.2) is 0 Å². The molecule has 0 aliphatic heterocycles. The molecule has 2 rings (SSSR count). The van der Waals surface area contributed by atoms with E-state index < -0.39 is 0 Å². The molecule has 0 saturated heterocycles. The maximum Gasteiger partial charge on any atom is 0.235 e. The fraction of sp³-hybridized carbons (Fsp3) is 0.125. The van der Waals surface area contributed by atoms with E-state index in [1.54, 1.807) is 23.0 Å². The lowest BCUT2D eigenvalue weighted by Crippen LogP contribution is -2.00. The van der Waals surface area contributed by atoms with Crippen molar-refractivity contribution in [3.05, 3.63) is 36.7 Å². The lowest BCUT2D eigenvalue weighted by molar-refractivity contribution is 0.880. The minimum absolute atomic E-state index is 0.604. The highest BCUT2D eigenvalue weighted by Crippen LogP contribution is 2.01. The summed E-state index contributed by atoms with van der Waals surface area (Å²) < 4.78 is 1.80. The van der Waals surface area contributed by atoms with Crippen LogP contribution in [0.25, 0.3) is 5.95 Å². The fourth-order valence-corrected chi connectivity index (χ4v) is 0.967. The number of hydrogen-bond acceptors (Lipinski definition) is 3. The summed E-state index contributed by atoms with van der Waals surface area (Å²) in [5, 5.41) is 0. The number of hydrogen-bond donors (Lipinski definition) is 0. The van der Waals surface area contributed by atoms with Crippen molar-refractivity contribution >= 4 is 0 Å². The van der Waals surface area contributed by atoms with Crippen LogP contribution in [0.2, 0.25) is 0 Å². The van der Waals surface area contributed by atoms with Gasteiger partial charge in [-0.25, -0.2) is 15.0 Å². The molecule has 2 aromatic rings. The largest absolute Gasteiger partial charge is 0.272 e.